The van der Waals surface area contributed by atoms with Crippen LogP contribution in [0, 0.1) is 0 Å². The largest absolute Gasteiger partial charge is 0.481 e. The lowest BCUT2D eigenvalue weighted by Crippen LogP contribution is -2.47. The fourth-order valence-corrected chi connectivity index (χ4v) is 3.82. The first-order valence-electron chi connectivity index (χ1n) is 6.50. The summed E-state index contributed by atoms with van der Waals surface area (Å²) in [7, 11) is 0. The topological polar surface area (TPSA) is 57.6 Å². The summed E-state index contributed by atoms with van der Waals surface area (Å²) in [6, 6.07) is 4.77. The quantitative estimate of drug-likeness (QED) is 0.909. The van der Waals surface area contributed by atoms with Gasteiger partial charge in [0.15, 0.2) is 0 Å². The van der Waals surface area contributed by atoms with Crippen LogP contribution in [0.4, 0.5) is 0 Å². The zero-order chi connectivity index (χ0) is 15.4. The molecule has 1 saturated heterocycles. The van der Waals surface area contributed by atoms with Gasteiger partial charge in [-0.05, 0) is 17.7 Å². The van der Waals surface area contributed by atoms with Crippen molar-refractivity contribution in [3.8, 4) is 0 Å². The van der Waals surface area contributed by atoms with Gasteiger partial charge in [-0.2, -0.15) is 11.8 Å². The van der Waals surface area contributed by atoms with Gasteiger partial charge >= 0.3 is 5.97 Å². The molecule has 4 nitrogen and oxygen atoms in total. The third-order valence-corrected chi connectivity index (χ3v) is 4.99. The number of thioether (sulfide) groups is 1. The maximum absolute atomic E-state index is 12.4. The molecule has 1 fully saturated rings. The molecule has 0 saturated carbocycles. The van der Waals surface area contributed by atoms with E-state index in [1.807, 2.05) is 0 Å². The Hall–Kier alpha value is -0.910. The molecule has 2 rings (SSSR count). The molecule has 7 heteroatoms. The lowest BCUT2D eigenvalue weighted by atomic mass is 10.1. The van der Waals surface area contributed by atoms with E-state index in [1.165, 1.54) is 0 Å². The van der Waals surface area contributed by atoms with Crippen molar-refractivity contribution in [1.82, 2.24) is 4.90 Å². The predicted molar refractivity (Wildman–Crippen MR) is 85.2 cm³/mol. The van der Waals surface area contributed by atoms with Crippen LogP contribution in [0.2, 0.25) is 10.0 Å². The lowest BCUT2D eigenvalue weighted by molar-refractivity contribution is -0.140. The fraction of sp³-hybridized carbons (Fsp3) is 0.429. The second-order valence-electron chi connectivity index (χ2n) is 4.83. The predicted octanol–water partition coefficient (Wildman–Crippen LogP) is 2.95. The fourth-order valence-electron chi connectivity index (χ4n) is 2.28. The number of hydrogen-bond acceptors (Lipinski definition) is 3. The van der Waals surface area contributed by atoms with Crippen LogP contribution in [-0.4, -0.2) is 46.0 Å². The molecule has 0 aliphatic carbocycles. The van der Waals surface area contributed by atoms with Crippen LogP contribution >= 0.6 is 35.0 Å². The summed E-state index contributed by atoms with van der Waals surface area (Å²) < 4.78 is 0. The van der Waals surface area contributed by atoms with Crippen LogP contribution in [0.5, 0.6) is 0 Å². The van der Waals surface area contributed by atoms with E-state index >= 15 is 0 Å². The minimum atomic E-state index is -0.884. The van der Waals surface area contributed by atoms with E-state index in [1.54, 1.807) is 34.9 Å². The van der Waals surface area contributed by atoms with Gasteiger partial charge in [0.25, 0.3) is 0 Å². The molecule has 1 aliphatic rings. The van der Waals surface area contributed by atoms with Crippen molar-refractivity contribution in [2.45, 2.75) is 18.9 Å². The molecule has 114 valence electrons. The molecule has 1 unspecified atom stereocenters. The molecular weight excluding hydrogens is 333 g/mol. The second-order valence-corrected chi connectivity index (χ2v) is 6.82. The highest BCUT2D eigenvalue weighted by molar-refractivity contribution is 7.99. The molecule has 0 bridgehead atoms. The first-order chi connectivity index (χ1) is 9.97. The number of rotatable bonds is 4. The number of amides is 1. The SMILES string of the molecule is O=C(O)CC1CSCCN1C(=O)Cc1ccc(Cl)cc1Cl. The summed E-state index contributed by atoms with van der Waals surface area (Å²) in [4.78, 5) is 25.0. The number of benzene rings is 1. The van der Waals surface area contributed by atoms with E-state index in [9.17, 15) is 9.59 Å². The van der Waals surface area contributed by atoms with E-state index in [0.29, 0.717) is 27.9 Å². The number of carbonyl (C=O) groups excluding carboxylic acids is 1. The Kier molecular flexibility index (Phi) is 5.79. The van der Waals surface area contributed by atoms with Crippen LogP contribution in [-0.2, 0) is 16.0 Å². The smallest absolute Gasteiger partial charge is 0.305 e. The molecule has 1 aromatic carbocycles. The monoisotopic (exact) mass is 347 g/mol. The van der Waals surface area contributed by atoms with Crippen molar-refractivity contribution < 1.29 is 14.7 Å². The summed E-state index contributed by atoms with van der Waals surface area (Å²) in [6.45, 7) is 0.576. The number of carboxylic acids is 1. The van der Waals surface area contributed by atoms with E-state index in [4.69, 9.17) is 28.3 Å². The van der Waals surface area contributed by atoms with Crippen LogP contribution in [0.15, 0.2) is 18.2 Å². The Balaban J connectivity index is 2.08. The van der Waals surface area contributed by atoms with E-state index in [2.05, 4.69) is 0 Å². The number of hydrogen-bond donors (Lipinski definition) is 1. The molecule has 0 radical (unpaired) electrons. The van der Waals surface area contributed by atoms with Crippen molar-refractivity contribution in [2.24, 2.45) is 0 Å². The van der Waals surface area contributed by atoms with E-state index in [-0.39, 0.29) is 24.8 Å². The molecule has 1 aliphatic heterocycles. The molecule has 0 aromatic heterocycles. The summed E-state index contributed by atoms with van der Waals surface area (Å²) in [6.07, 6.45) is 0.143. The van der Waals surface area contributed by atoms with E-state index < -0.39 is 5.97 Å². The first kappa shape index (κ1) is 16.5. The molecule has 1 N–H and O–H groups in total. The molecular formula is C14H15Cl2NO3S. The van der Waals surface area contributed by atoms with Crippen LogP contribution in [0.1, 0.15) is 12.0 Å². The minimum absolute atomic E-state index is 0.0207. The normalized spacial score (nSPS) is 18.6. The standard InChI is InChI=1S/C14H15Cl2NO3S/c15-10-2-1-9(12(16)6-10)5-13(18)17-3-4-21-8-11(17)7-14(19)20/h1-2,6,11H,3-5,7-8H2,(H,19,20). The Morgan fingerprint density at radius 3 is 2.81 bits per heavy atom. The number of halogens is 2. The number of carbonyl (C=O) groups is 2. The van der Waals surface area contributed by atoms with Gasteiger partial charge in [-0.25, -0.2) is 0 Å². The molecule has 1 aromatic rings. The first-order valence-corrected chi connectivity index (χ1v) is 8.41. The lowest BCUT2D eigenvalue weighted by Gasteiger charge is -2.34. The van der Waals surface area contributed by atoms with Crippen LogP contribution < -0.4 is 0 Å². The van der Waals surface area contributed by atoms with Crippen molar-refractivity contribution in [3.63, 3.8) is 0 Å². The molecule has 0 spiro atoms. The highest BCUT2D eigenvalue weighted by Gasteiger charge is 2.28. The summed E-state index contributed by atoms with van der Waals surface area (Å²) in [5.41, 5.74) is 0.707. The van der Waals surface area contributed by atoms with Crippen LogP contribution in [0.3, 0.4) is 0 Å². The van der Waals surface area contributed by atoms with Gasteiger partial charge in [-0.3, -0.25) is 9.59 Å². The van der Waals surface area contributed by atoms with Crippen molar-refractivity contribution in [2.75, 3.05) is 18.1 Å². The molecule has 21 heavy (non-hydrogen) atoms. The van der Waals surface area contributed by atoms with Gasteiger partial charge in [0, 0.05) is 28.1 Å². The van der Waals surface area contributed by atoms with Gasteiger partial charge < -0.3 is 10.0 Å². The summed E-state index contributed by atoms with van der Waals surface area (Å²) >= 11 is 13.6. The van der Waals surface area contributed by atoms with Crippen molar-refractivity contribution in [3.05, 3.63) is 33.8 Å². The van der Waals surface area contributed by atoms with Gasteiger partial charge in [-0.1, -0.05) is 29.3 Å². The van der Waals surface area contributed by atoms with Crippen LogP contribution in [0.25, 0.3) is 0 Å². The third kappa shape index (κ3) is 4.53. The second kappa shape index (κ2) is 7.38. The average molecular weight is 348 g/mol. The Labute approximate surface area is 137 Å². The van der Waals surface area contributed by atoms with Crippen molar-refractivity contribution >= 4 is 46.8 Å². The maximum Gasteiger partial charge on any atom is 0.305 e. The van der Waals surface area contributed by atoms with Gasteiger partial charge in [0.05, 0.1) is 18.9 Å². The van der Waals surface area contributed by atoms with E-state index in [0.717, 1.165) is 5.75 Å². The zero-order valence-electron chi connectivity index (χ0n) is 11.2. The van der Waals surface area contributed by atoms with Gasteiger partial charge in [0.2, 0.25) is 5.91 Å². The zero-order valence-corrected chi connectivity index (χ0v) is 13.5. The Morgan fingerprint density at radius 2 is 2.14 bits per heavy atom. The Bertz CT molecular complexity index is 553. The van der Waals surface area contributed by atoms with Gasteiger partial charge in [-0.15, -0.1) is 0 Å². The summed E-state index contributed by atoms with van der Waals surface area (Å²) in [5.74, 6) is 0.512. The Morgan fingerprint density at radius 1 is 1.38 bits per heavy atom. The number of nitrogens with zero attached hydrogens (tertiary/aromatic N) is 1. The third-order valence-electron chi connectivity index (χ3n) is 3.31. The maximum atomic E-state index is 12.4. The number of carboxylic acid groups (broad SMARTS) is 1. The van der Waals surface area contributed by atoms with Crippen molar-refractivity contribution in [1.29, 1.82) is 0 Å². The molecule has 1 amide bonds. The highest BCUT2D eigenvalue weighted by Crippen LogP contribution is 2.24. The molecule has 1 atom stereocenters. The highest BCUT2D eigenvalue weighted by atomic mass is 35.5. The number of aliphatic carboxylic acids is 1. The summed E-state index contributed by atoms with van der Waals surface area (Å²) in [5, 5.41) is 9.92. The van der Waals surface area contributed by atoms with Gasteiger partial charge in [0.1, 0.15) is 0 Å². The molecule has 1 heterocycles. The average Bonchev–Trinajstić information content (AvgIpc) is 2.42. The minimum Gasteiger partial charge on any atom is -0.481 e.